The van der Waals surface area contributed by atoms with Crippen LogP contribution in [-0.4, -0.2) is 20.0 Å². The van der Waals surface area contributed by atoms with Gasteiger partial charge in [0.15, 0.2) is 5.78 Å². The molecule has 0 heterocycles. The maximum absolute atomic E-state index is 12.5. The lowest BCUT2D eigenvalue weighted by Crippen LogP contribution is -2.03. The standard InChI is InChI=1S/C19H20O3/c1-13-5-7-15(8-6-13)9-10-16(20)19-17(21-3)11-14(2)12-18(19)22-4/h5-12H,1-4H3/b10-9+. The highest BCUT2D eigenvalue weighted by molar-refractivity contribution is 6.10. The van der Waals surface area contributed by atoms with Crippen molar-refractivity contribution in [3.63, 3.8) is 0 Å². The second kappa shape index (κ2) is 6.94. The fraction of sp³-hybridized carbons (Fsp3) is 0.211. The Morgan fingerprint density at radius 2 is 1.45 bits per heavy atom. The molecule has 0 saturated carbocycles. The van der Waals surface area contributed by atoms with Gasteiger partial charge in [0.2, 0.25) is 0 Å². The van der Waals surface area contributed by atoms with E-state index < -0.39 is 0 Å². The van der Waals surface area contributed by atoms with Crippen molar-refractivity contribution >= 4 is 11.9 Å². The molecule has 3 nitrogen and oxygen atoms in total. The van der Waals surface area contributed by atoms with Gasteiger partial charge < -0.3 is 9.47 Å². The second-order valence-electron chi connectivity index (χ2n) is 5.15. The van der Waals surface area contributed by atoms with Gasteiger partial charge in [-0.1, -0.05) is 35.9 Å². The minimum absolute atomic E-state index is 0.144. The molecule has 0 aliphatic heterocycles. The molecule has 2 aromatic rings. The van der Waals surface area contributed by atoms with Gasteiger partial charge in [-0.05, 0) is 43.2 Å². The van der Waals surface area contributed by atoms with E-state index in [0.717, 1.165) is 11.1 Å². The molecular weight excluding hydrogens is 276 g/mol. The molecule has 22 heavy (non-hydrogen) atoms. The molecule has 0 radical (unpaired) electrons. The Morgan fingerprint density at radius 1 is 0.909 bits per heavy atom. The molecule has 0 aromatic heterocycles. The maximum Gasteiger partial charge on any atom is 0.193 e. The summed E-state index contributed by atoms with van der Waals surface area (Å²) in [6.07, 6.45) is 3.33. The van der Waals surface area contributed by atoms with Gasteiger partial charge in [0.25, 0.3) is 0 Å². The molecule has 0 unspecified atom stereocenters. The SMILES string of the molecule is COc1cc(C)cc(OC)c1C(=O)/C=C/c1ccc(C)cc1. The number of aryl methyl sites for hydroxylation is 2. The summed E-state index contributed by atoms with van der Waals surface area (Å²) in [5, 5.41) is 0. The van der Waals surface area contributed by atoms with Gasteiger partial charge in [-0.25, -0.2) is 0 Å². The predicted molar refractivity (Wildman–Crippen MR) is 88.8 cm³/mol. The normalized spacial score (nSPS) is 10.7. The molecule has 0 fully saturated rings. The van der Waals surface area contributed by atoms with Gasteiger partial charge in [0.1, 0.15) is 17.1 Å². The number of hydrogen-bond acceptors (Lipinski definition) is 3. The van der Waals surface area contributed by atoms with Crippen LogP contribution in [0.2, 0.25) is 0 Å². The zero-order valence-corrected chi connectivity index (χ0v) is 13.3. The third-order valence-electron chi connectivity index (χ3n) is 3.40. The minimum Gasteiger partial charge on any atom is -0.496 e. The van der Waals surface area contributed by atoms with Crippen molar-refractivity contribution in [2.75, 3.05) is 14.2 Å². The zero-order valence-electron chi connectivity index (χ0n) is 13.3. The smallest absolute Gasteiger partial charge is 0.193 e. The molecule has 0 amide bonds. The average Bonchev–Trinajstić information content (AvgIpc) is 2.53. The van der Waals surface area contributed by atoms with Crippen LogP contribution < -0.4 is 9.47 Å². The number of methoxy groups -OCH3 is 2. The number of ketones is 1. The summed E-state index contributed by atoms with van der Waals surface area (Å²) in [6, 6.07) is 11.6. The summed E-state index contributed by atoms with van der Waals surface area (Å²) >= 11 is 0. The zero-order chi connectivity index (χ0) is 16.1. The third-order valence-corrected chi connectivity index (χ3v) is 3.40. The van der Waals surface area contributed by atoms with Crippen LogP contribution in [0.3, 0.4) is 0 Å². The lowest BCUT2D eigenvalue weighted by molar-refractivity contribution is 0.104. The van der Waals surface area contributed by atoms with Crippen LogP contribution in [0.25, 0.3) is 6.08 Å². The van der Waals surface area contributed by atoms with E-state index in [9.17, 15) is 4.79 Å². The summed E-state index contributed by atoms with van der Waals surface area (Å²) in [5.41, 5.74) is 3.58. The molecule has 114 valence electrons. The first kappa shape index (κ1) is 15.8. The van der Waals surface area contributed by atoms with Crippen LogP contribution in [-0.2, 0) is 0 Å². The Labute approximate surface area is 131 Å². The summed E-state index contributed by atoms with van der Waals surface area (Å²) < 4.78 is 10.6. The first-order chi connectivity index (χ1) is 10.5. The Hall–Kier alpha value is -2.55. The van der Waals surface area contributed by atoms with E-state index in [1.807, 2.05) is 50.2 Å². The van der Waals surface area contributed by atoms with Crippen molar-refractivity contribution in [2.24, 2.45) is 0 Å². The lowest BCUT2D eigenvalue weighted by Gasteiger charge is -2.12. The number of hydrogen-bond donors (Lipinski definition) is 0. The summed E-state index contributed by atoms with van der Waals surface area (Å²) in [4.78, 5) is 12.5. The molecular formula is C19H20O3. The van der Waals surface area contributed by atoms with E-state index in [0.29, 0.717) is 17.1 Å². The molecule has 0 bridgehead atoms. The lowest BCUT2D eigenvalue weighted by atomic mass is 10.0. The van der Waals surface area contributed by atoms with Crippen molar-refractivity contribution in [3.8, 4) is 11.5 Å². The van der Waals surface area contributed by atoms with Gasteiger partial charge in [-0.15, -0.1) is 0 Å². The minimum atomic E-state index is -0.144. The average molecular weight is 296 g/mol. The second-order valence-corrected chi connectivity index (χ2v) is 5.15. The largest absolute Gasteiger partial charge is 0.496 e. The van der Waals surface area contributed by atoms with E-state index in [4.69, 9.17) is 9.47 Å². The molecule has 2 aromatic carbocycles. The Balaban J connectivity index is 2.34. The number of carbonyl (C=O) groups is 1. The van der Waals surface area contributed by atoms with Crippen LogP contribution in [0.1, 0.15) is 27.0 Å². The third kappa shape index (κ3) is 3.55. The molecule has 0 spiro atoms. The number of allylic oxidation sites excluding steroid dienone is 1. The first-order valence-electron chi connectivity index (χ1n) is 7.07. The molecule has 0 aliphatic carbocycles. The van der Waals surface area contributed by atoms with E-state index in [-0.39, 0.29) is 5.78 Å². The quantitative estimate of drug-likeness (QED) is 0.612. The predicted octanol–water partition coefficient (Wildman–Crippen LogP) is 4.22. The maximum atomic E-state index is 12.5. The van der Waals surface area contributed by atoms with E-state index in [1.165, 1.54) is 5.56 Å². The fourth-order valence-corrected chi connectivity index (χ4v) is 2.22. The van der Waals surface area contributed by atoms with Gasteiger partial charge in [0, 0.05) is 0 Å². The van der Waals surface area contributed by atoms with Crippen molar-refractivity contribution in [1.29, 1.82) is 0 Å². The molecule has 0 atom stereocenters. The Bertz CT molecular complexity index is 672. The van der Waals surface area contributed by atoms with E-state index >= 15 is 0 Å². The number of benzene rings is 2. The summed E-state index contributed by atoms with van der Waals surface area (Å²) in [7, 11) is 3.10. The highest BCUT2D eigenvalue weighted by Gasteiger charge is 2.17. The summed E-state index contributed by atoms with van der Waals surface area (Å²) in [5.74, 6) is 0.903. The highest BCUT2D eigenvalue weighted by Crippen LogP contribution is 2.31. The monoisotopic (exact) mass is 296 g/mol. The topological polar surface area (TPSA) is 35.5 Å². The molecule has 0 saturated heterocycles. The Kier molecular flexibility index (Phi) is 4.99. The number of rotatable bonds is 5. The van der Waals surface area contributed by atoms with Gasteiger partial charge in [-0.3, -0.25) is 4.79 Å². The van der Waals surface area contributed by atoms with Crippen molar-refractivity contribution in [2.45, 2.75) is 13.8 Å². The van der Waals surface area contributed by atoms with Crippen molar-refractivity contribution < 1.29 is 14.3 Å². The van der Waals surface area contributed by atoms with Crippen molar-refractivity contribution in [1.82, 2.24) is 0 Å². The molecule has 0 aliphatic rings. The summed E-state index contributed by atoms with van der Waals surface area (Å²) in [6.45, 7) is 3.96. The van der Waals surface area contributed by atoms with Gasteiger partial charge in [0.05, 0.1) is 14.2 Å². The molecule has 0 N–H and O–H groups in total. The van der Waals surface area contributed by atoms with Crippen LogP contribution in [0.4, 0.5) is 0 Å². The van der Waals surface area contributed by atoms with Crippen LogP contribution >= 0.6 is 0 Å². The number of carbonyl (C=O) groups excluding carboxylic acids is 1. The van der Waals surface area contributed by atoms with Crippen LogP contribution in [0.15, 0.2) is 42.5 Å². The van der Waals surface area contributed by atoms with Gasteiger partial charge >= 0.3 is 0 Å². The van der Waals surface area contributed by atoms with Crippen LogP contribution in [0.5, 0.6) is 11.5 Å². The van der Waals surface area contributed by atoms with E-state index in [1.54, 1.807) is 26.4 Å². The van der Waals surface area contributed by atoms with E-state index in [2.05, 4.69) is 0 Å². The van der Waals surface area contributed by atoms with Gasteiger partial charge in [-0.2, -0.15) is 0 Å². The van der Waals surface area contributed by atoms with Crippen LogP contribution in [0, 0.1) is 13.8 Å². The molecule has 2 rings (SSSR count). The molecule has 3 heteroatoms. The fourth-order valence-electron chi connectivity index (χ4n) is 2.22. The Morgan fingerprint density at radius 3 is 1.95 bits per heavy atom. The van der Waals surface area contributed by atoms with Crippen molar-refractivity contribution in [3.05, 3.63) is 64.7 Å². The highest BCUT2D eigenvalue weighted by atomic mass is 16.5. The number of ether oxygens (including phenoxy) is 2. The first-order valence-corrected chi connectivity index (χ1v) is 7.07.